The first-order chi connectivity index (χ1) is 9.91. The monoisotopic (exact) mass is 357 g/mol. The maximum Gasteiger partial charge on any atom is 0.418 e. The van der Waals surface area contributed by atoms with E-state index in [1.165, 1.54) is 6.07 Å². The summed E-state index contributed by atoms with van der Waals surface area (Å²) in [6, 6.07) is 13.5. The second-order valence-electron chi connectivity index (χ2n) is 4.70. The molecule has 1 nitrogen and oxygen atoms in total. The summed E-state index contributed by atoms with van der Waals surface area (Å²) >= 11 is 3.09. The Morgan fingerprint density at radius 2 is 1.76 bits per heavy atom. The highest BCUT2D eigenvalue weighted by Gasteiger charge is 2.34. The molecular formula is C16H15BrF3N. The molecule has 5 heteroatoms. The van der Waals surface area contributed by atoms with Crippen LogP contribution in [0.2, 0.25) is 0 Å². The van der Waals surface area contributed by atoms with Gasteiger partial charge in [-0.05, 0) is 30.2 Å². The molecule has 0 saturated heterocycles. The molecule has 2 aromatic rings. The zero-order valence-corrected chi connectivity index (χ0v) is 13.0. The van der Waals surface area contributed by atoms with Gasteiger partial charge >= 0.3 is 6.18 Å². The van der Waals surface area contributed by atoms with Crippen LogP contribution in [0.4, 0.5) is 18.9 Å². The first-order valence-electron chi connectivity index (χ1n) is 6.60. The first kappa shape index (κ1) is 15.9. The SMILES string of the molecule is CCC(Nc1ccc(Br)cc1C(F)(F)F)c1ccccc1. The molecule has 0 aliphatic carbocycles. The molecule has 1 atom stereocenters. The van der Waals surface area contributed by atoms with E-state index in [0.717, 1.165) is 11.6 Å². The van der Waals surface area contributed by atoms with E-state index in [1.54, 1.807) is 6.07 Å². The fraction of sp³-hybridized carbons (Fsp3) is 0.250. The number of halogens is 4. The Morgan fingerprint density at radius 1 is 1.10 bits per heavy atom. The van der Waals surface area contributed by atoms with Gasteiger partial charge in [0, 0.05) is 10.2 Å². The predicted octanol–water partition coefficient (Wildman–Crippen LogP) is 6.03. The van der Waals surface area contributed by atoms with Crippen molar-refractivity contribution in [2.75, 3.05) is 5.32 Å². The molecule has 21 heavy (non-hydrogen) atoms. The zero-order chi connectivity index (χ0) is 15.5. The van der Waals surface area contributed by atoms with Crippen molar-refractivity contribution in [2.45, 2.75) is 25.6 Å². The van der Waals surface area contributed by atoms with Crippen molar-refractivity contribution >= 4 is 21.6 Å². The van der Waals surface area contributed by atoms with E-state index in [2.05, 4.69) is 21.2 Å². The van der Waals surface area contributed by atoms with Crippen LogP contribution in [0.1, 0.15) is 30.5 Å². The molecule has 0 fully saturated rings. The predicted molar refractivity (Wildman–Crippen MR) is 82.2 cm³/mol. The van der Waals surface area contributed by atoms with E-state index in [1.807, 2.05) is 37.3 Å². The molecule has 0 spiro atoms. The minimum Gasteiger partial charge on any atom is -0.378 e. The lowest BCUT2D eigenvalue weighted by atomic mass is 10.0. The highest BCUT2D eigenvalue weighted by atomic mass is 79.9. The molecular weight excluding hydrogens is 343 g/mol. The normalized spacial score (nSPS) is 13.0. The van der Waals surface area contributed by atoms with Crippen molar-refractivity contribution in [1.82, 2.24) is 0 Å². The van der Waals surface area contributed by atoms with Crippen LogP contribution in [0.15, 0.2) is 53.0 Å². The Bertz CT molecular complexity index is 596. The van der Waals surface area contributed by atoms with Gasteiger partial charge in [-0.25, -0.2) is 0 Å². The largest absolute Gasteiger partial charge is 0.418 e. The number of rotatable bonds is 4. The topological polar surface area (TPSA) is 12.0 Å². The highest BCUT2D eigenvalue weighted by Crippen LogP contribution is 2.38. The quantitative estimate of drug-likeness (QED) is 0.704. The van der Waals surface area contributed by atoms with E-state index in [4.69, 9.17) is 0 Å². The third kappa shape index (κ3) is 4.00. The van der Waals surface area contributed by atoms with Gasteiger partial charge in [0.2, 0.25) is 0 Å². The van der Waals surface area contributed by atoms with Crippen molar-refractivity contribution < 1.29 is 13.2 Å². The number of anilines is 1. The summed E-state index contributed by atoms with van der Waals surface area (Å²) in [5.41, 5.74) is 0.406. The van der Waals surface area contributed by atoms with Crippen molar-refractivity contribution in [3.05, 3.63) is 64.1 Å². The summed E-state index contributed by atoms with van der Waals surface area (Å²) in [7, 11) is 0. The summed E-state index contributed by atoms with van der Waals surface area (Å²) in [5, 5.41) is 3.01. The molecule has 1 N–H and O–H groups in total. The molecule has 0 amide bonds. The molecule has 0 aliphatic rings. The summed E-state index contributed by atoms with van der Waals surface area (Å²) in [6.07, 6.45) is -3.70. The number of hydrogen-bond donors (Lipinski definition) is 1. The van der Waals surface area contributed by atoms with Crippen molar-refractivity contribution in [3.8, 4) is 0 Å². The van der Waals surface area contributed by atoms with Crippen LogP contribution in [0.25, 0.3) is 0 Å². The Balaban J connectivity index is 2.34. The standard InChI is InChI=1S/C16H15BrF3N/c1-2-14(11-6-4-3-5-7-11)21-15-9-8-12(17)10-13(15)16(18,19)20/h3-10,14,21H,2H2,1H3. The lowest BCUT2D eigenvalue weighted by molar-refractivity contribution is -0.137. The van der Waals surface area contributed by atoms with Gasteiger partial charge in [-0.2, -0.15) is 13.2 Å². The van der Waals surface area contributed by atoms with Crippen LogP contribution in [-0.4, -0.2) is 0 Å². The Hall–Kier alpha value is -1.49. The van der Waals surface area contributed by atoms with Crippen LogP contribution in [0, 0.1) is 0 Å². The van der Waals surface area contributed by atoms with E-state index >= 15 is 0 Å². The average molecular weight is 358 g/mol. The zero-order valence-electron chi connectivity index (χ0n) is 11.4. The Labute approximate surface area is 130 Å². The molecule has 0 radical (unpaired) electrons. The number of benzene rings is 2. The smallest absolute Gasteiger partial charge is 0.378 e. The third-order valence-corrected chi connectivity index (χ3v) is 3.72. The molecule has 0 bridgehead atoms. The Kier molecular flexibility index (Phi) is 4.93. The molecule has 0 saturated carbocycles. The number of alkyl halides is 3. The number of nitrogens with one attached hydrogen (secondary N) is 1. The van der Waals surface area contributed by atoms with Gasteiger partial charge in [0.15, 0.2) is 0 Å². The molecule has 112 valence electrons. The summed E-state index contributed by atoms with van der Waals surface area (Å²) in [4.78, 5) is 0. The summed E-state index contributed by atoms with van der Waals surface area (Å²) < 4.78 is 39.8. The van der Waals surface area contributed by atoms with E-state index in [0.29, 0.717) is 10.9 Å². The molecule has 1 unspecified atom stereocenters. The maximum atomic E-state index is 13.1. The van der Waals surface area contributed by atoms with E-state index < -0.39 is 11.7 Å². The van der Waals surface area contributed by atoms with Gasteiger partial charge in [-0.1, -0.05) is 53.2 Å². The first-order valence-corrected chi connectivity index (χ1v) is 7.39. The van der Waals surface area contributed by atoms with Gasteiger partial charge < -0.3 is 5.32 Å². The van der Waals surface area contributed by atoms with Crippen LogP contribution >= 0.6 is 15.9 Å². The number of hydrogen-bond acceptors (Lipinski definition) is 1. The van der Waals surface area contributed by atoms with Crippen molar-refractivity contribution in [3.63, 3.8) is 0 Å². The van der Waals surface area contributed by atoms with E-state index in [9.17, 15) is 13.2 Å². The average Bonchev–Trinajstić information content (AvgIpc) is 2.46. The van der Waals surface area contributed by atoms with Gasteiger partial charge in [-0.15, -0.1) is 0 Å². The minimum atomic E-state index is -4.39. The summed E-state index contributed by atoms with van der Waals surface area (Å²) in [6.45, 7) is 1.94. The molecule has 0 aromatic heterocycles. The molecule has 2 rings (SSSR count). The highest BCUT2D eigenvalue weighted by molar-refractivity contribution is 9.10. The van der Waals surface area contributed by atoms with Crippen LogP contribution < -0.4 is 5.32 Å². The van der Waals surface area contributed by atoms with Gasteiger partial charge in [0.25, 0.3) is 0 Å². The fourth-order valence-electron chi connectivity index (χ4n) is 2.17. The molecule has 0 aliphatic heterocycles. The van der Waals surface area contributed by atoms with E-state index in [-0.39, 0.29) is 11.7 Å². The molecule has 0 heterocycles. The van der Waals surface area contributed by atoms with Crippen LogP contribution in [0.3, 0.4) is 0 Å². The second-order valence-corrected chi connectivity index (χ2v) is 5.62. The second kappa shape index (κ2) is 6.52. The third-order valence-electron chi connectivity index (χ3n) is 3.23. The maximum absolute atomic E-state index is 13.1. The Morgan fingerprint density at radius 3 is 2.33 bits per heavy atom. The fourth-order valence-corrected chi connectivity index (χ4v) is 2.53. The summed E-state index contributed by atoms with van der Waals surface area (Å²) in [5.74, 6) is 0. The van der Waals surface area contributed by atoms with Crippen LogP contribution in [0.5, 0.6) is 0 Å². The van der Waals surface area contributed by atoms with Gasteiger partial charge in [0.1, 0.15) is 0 Å². The van der Waals surface area contributed by atoms with Crippen LogP contribution in [-0.2, 0) is 6.18 Å². The lowest BCUT2D eigenvalue weighted by Crippen LogP contribution is -2.15. The van der Waals surface area contributed by atoms with Gasteiger partial charge in [0.05, 0.1) is 11.6 Å². The molecule has 2 aromatic carbocycles. The van der Waals surface area contributed by atoms with Gasteiger partial charge in [-0.3, -0.25) is 0 Å². The lowest BCUT2D eigenvalue weighted by Gasteiger charge is -2.22. The van der Waals surface area contributed by atoms with Crippen molar-refractivity contribution in [2.24, 2.45) is 0 Å². The van der Waals surface area contributed by atoms with Crippen molar-refractivity contribution in [1.29, 1.82) is 0 Å². The minimum absolute atomic E-state index is 0.0985.